The summed E-state index contributed by atoms with van der Waals surface area (Å²) in [5.74, 6) is 0. The molecule has 0 N–H and O–H groups in total. The Balaban J connectivity index is 0. The van der Waals surface area contributed by atoms with Gasteiger partial charge < -0.3 is 0 Å². The number of allylic oxidation sites excluding steroid dienone is 3. The topological polar surface area (TPSA) is 0 Å². The highest BCUT2D eigenvalue weighted by Crippen LogP contribution is 2.07. The van der Waals surface area contributed by atoms with E-state index in [1.54, 1.807) is 6.08 Å². The highest BCUT2D eigenvalue weighted by Gasteiger charge is 1.87. The summed E-state index contributed by atoms with van der Waals surface area (Å²) in [6, 6.07) is 0. The molecule has 0 radical (unpaired) electrons. The van der Waals surface area contributed by atoms with Gasteiger partial charge in [-0.1, -0.05) is 38.5 Å². The number of hydrogen-bond donors (Lipinski definition) is 0. The Hall–Kier alpha value is -0.520. The molecular formula is C12H24. The molecule has 0 aromatic carbocycles. The van der Waals surface area contributed by atoms with Crippen LogP contribution in [0, 0.1) is 0 Å². The fraction of sp³-hybridized carbons (Fsp3) is 0.667. The van der Waals surface area contributed by atoms with E-state index in [9.17, 15) is 0 Å². The molecule has 0 saturated heterocycles. The van der Waals surface area contributed by atoms with Crippen LogP contribution >= 0.6 is 0 Å². The summed E-state index contributed by atoms with van der Waals surface area (Å²) in [6.45, 7) is 9.50. The van der Waals surface area contributed by atoms with Crippen molar-refractivity contribution in [3.63, 3.8) is 0 Å². The zero-order chi connectivity index (χ0) is 9.66. The van der Waals surface area contributed by atoms with Crippen LogP contribution in [0.2, 0.25) is 0 Å². The van der Waals surface area contributed by atoms with E-state index in [2.05, 4.69) is 32.6 Å². The molecular weight excluding hydrogens is 144 g/mol. The monoisotopic (exact) mass is 168 g/mol. The summed E-state index contributed by atoms with van der Waals surface area (Å²) in [7, 11) is 0. The van der Waals surface area contributed by atoms with Crippen molar-refractivity contribution in [1.29, 1.82) is 0 Å². The lowest BCUT2D eigenvalue weighted by Crippen LogP contribution is -1.77. The largest absolute Gasteiger partial charge is 0.103 e. The molecule has 1 aliphatic rings. The van der Waals surface area contributed by atoms with Crippen molar-refractivity contribution in [2.45, 2.75) is 52.9 Å². The molecule has 0 bridgehead atoms. The van der Waals surface area contributed by atoms with Gasteiger partial charge >= 0.3 is 0 Å². The predicted molar refractivity (Wildman–Crippen MR) is 59.4 cm³/mol. The van der Waals surface area contributed by atoms with Crippen molar-refractivity contribution < 1.29 is 0 Å². The molecule has 1 aliphatic carbocycles. The van der Waals surface area contributed by atoms with Crippen LogP contribution in [0.3, 0.4) is 0 Å². The Labute approximate surface area is 78.4 Å². The maximum Gasteiger partial charge on any atom is -0.0351 e. The van der Waals surface area contributed by atoms with Gasteiger partial charge in [-0.2, -0.15) is 0 Å². The minimum absolute atomic E-state index is 1.25. The van der Waals surface area contributed by atoms with Gasteiger partial charge in [-0.15, -0.1) is 6.58 Å². The van der Waals surface area contributed by atoms with E-state index in [1.165, 1.54) is 32.1 Å². The molecule has 0 aliphatic heterocycles. The average molecular weight is 168 g/mol. The third-order valence-electron chi connectivity index (χ3n) is 1.16. The van der Waals surface area contributed by atoms with Gasteiger partial charge in [0.05, 0.1) is 0 Å². The van der Waals surface area contributed by atoms with E-state index in [-0.39, 0.29) is 0 Å². The van der Waals surface area contributed by atoms with E-state index < -0.39 is 0 Å². The second-order valence-corrected chi connectivity index (χ2v) is 2.87. The van der Waals surface area contributed by atoms with E-state index in [0.29, 0.717) is 0 Å². The highest BCUT2D eigenvalue weighted by atomic mass is 13.9. The molecule has 0 nitrogen and oxygen atoms in total. The first-order valence-electron chi connectivity index (χ1n) is 5.05. The summed E-state index contributed by atoms with van der Waals surface area (Å²) in [6.07, 6.45) is 13.0. The first kappa shape index (κ1) is 14.0. The van der Waals surface area contributed by atoms with Gasteiger partial charge in [-0.3, -0.25) is 0 Å². The quantitative estimate of drug-likeness (QED) is 0.459. The summed E-state index contributed by atoms with van der Waals surface area (Å²) < 4.78 is 0. The van der Waals surface area contributed by atoms with Crippen molar-refractivity contribution in [3.05, 3.63) is 24.8 Å². The van der Waals surface area contributed by atoms with Crippen LogP contribution in [0.4, 0.5) is 0 Å². The normalized spacial score (nSPS) is 13.2. The van der Waals surface area contributed by atoms with Gasteiger partial charge in [-0.05, 0) is 32.6 Å². The molecule has 0 atom stereocenters. The summed E-state index contributed by atoms with van der Waals surface area (Å²) in [5.41, 5.74) is 0. The van der Waals surface area contributed by atoms with Crippen LogP contribution < -0.4 is 0 Å². The molecule has 0 spiro atoms. The second-order valence-electron chi connectivity index (χ2n) is 2.87. The molecule has 0 aromatic heterocycles. The molecule has 0 saturated carbocycles. The number of rotatable bonds is 0. The van der Waals surface area contributed by atoms with E-state index in [0.717, 1.165) is 0 Å². The number of hydrogen-bond acceptors (Lipinski definition) is 0. The molecule has 12 heavy (non-hydrogen) atoms. The van der Waals surface area contributed by atoms with Gasteiger partial charge in [0, 0.05) is 0 Å². The summed E-state index contributed by atoms with van der Waals surface area (Å²) >= 11 is 0. The molecule has 0 amide bonds. The molecule has 0 unspecified atom stereocenters. The lowest BCUT2D eigenvalue weighted by Gasteiger charge is -1.97. The molecule has 72 valence electrons. The van der Waals surface area contributed by atoms with Crippen molar-refractivity contribution in [1.82, 2.24) is 0 Å². The van der Waals surface area contributed by atoms with Crippen LogP contribution in [0.15, 0.2) is 24.8 Å². The standard InChI is InChI=1S/C6H10.C3H8.C3H6/c1-2-4-6-5-3-1;2*1-3-2/h1-2H,3-6H2;3H2,1-2H3;3H,1H2,2H3. The summed E-state index contributed by atoms with van der Waals surface area (Å²) in [4.78, 5) is 0. The Bertz CT molecular complexity index is 82.2. The average Bonchev–Trinajstić information content (AvgIpc) is 2.10. The van der Waals surface area contributed by atoms with Crippen molar-refractivity contribution >= 4 is 0 Å². The van der Waals surface area contributed by atoms with Gasteiger partial charge in [0.25, 0.3) is 0 Å². The molecule has 0 fully saturated rings. The molecule has 0 heterocycles. The van der Waals surface area contributed by atoms with E-state index >= 15 is 0 Å². The smallest absolute Gasteiger partial charge is 0.0351 e. The van der Waals surface area contributed by atoms with Gasteiger partial charge in [0.1, 0.15) is 0 Å². The fourth-order valence-electron chi connectivity index (χ4n) is 0.760. The second kappa shape index (κ2) is 16.8. The first-order valence-corrected chi connectivity index (χ1v) is 5.05. The Morgan fingerprint density at radius 3 is 1.50 bits per heavy atom. The zero-order valence-corrected chi connectivity index (χ0v) is 8.97. The van der Waals surface area contributed by atoms with Gasteiger partial charge in [-0.25, -0.2) is 0 Å². The SMILES string of the molecule is C1=CCCCC1.C=CC.CCC. The van der Waals surface area contributed by atoms with Crippen molar-refractivity contribution in [2.24, 2.45) is 0 Å². The third-order valence-corrected chi connectivity index (χ3v) is 1.16. The predicted octanol–water partition coefficient (Wildman–Crippen LogP) is 4.73. The van der Waals surface area contributed by atoms with Crippen LogP contribution in [0.25, 0.3) is 0 Å². The van der Waals surface area contributed by atoms with E-state index in [4.69, 9.17) is 0 Å². The third kappa shape index (κ3) is 22.7. The van der Waals surface area contributed by atoms with Crippen LogP contribution in [-0.4, -0.2) is 0 Å². The molecule has 1 rings (SSSR count). The molecule has 0 aromatic rings. The Kier molecular flexibility index (Phi) is 19.7. The lowest BCUT2D eigenvalue weighted by atomic mass is 10.1. The summed E-state index contributed by atoms with van der Waals surface area (Å²) in [5, 5.41) is 0. The Morgan fingerprint density at radius 2 is 1.42 bits per heavy atom. The highest BCUT2D eigenvalue weighted by molar-refractivity contribution is 4.85. The van der Waals surface area contributed by atoms with Gasteiger partial charge in [0.15, 0.2) is 0 Å². The van der Waals surface area contributed by atoms with Crippen LogP contribution in [0.1, 0.15) is 52.9 Å². The van der Waals surface area contributed by atoms with Crippen molar-refractivity contribution in [3.8, 4) is 0 Å². The van der Waals surface area contributed by atoms with Gasteiger partial charge in [0.2, 0.25) is 0 Å². The fourth-order valence-corrected chi connectivity index (χ4v) is 0.760. The first-order chi connectivity index (χ1) is 5.83. The zero-order valence-electron chi connectivity index (χ0n) is 8.97. The van der Waals surface area contributed by atoms with Crippen molar-refractivity contribution in [2.75, 3.05) is 0 Å². The Morgan fingerprint density at radius 1 is 1.17 bits per heavy atom. The minimum Gasteiger partial charge on any atom is -0.103 e. The van der Waals surface area contributed by atoms with E-state index in [1.807, 2.05) is 6.92 Å². The van der Waals surface area contributed by atoms with Crippen LogP contribution in [0.5, 0.6) is 0 Å². The maximum atomic E-state index is 3.36. The molecule has 0 heteroatoms. The maximum absolute atomic E-state index is 3.36. The lowest BCUT2D eigenvalue weighted by molar-refractivity contribution is 0.730. The minimum atomic E-state index is 1.25. The van der Waals surface area contributed by atoms with Crippen LogP contribution in [-0.2, 0) is 0 Å².